The van der Waals surface area contributed by atoms with Crippen LogP contribution in [0.2, 0.25) is 0 Å². The highest BCUT2D eigenvalue weighted by atomic mass is 16.2. The fraction of sp³-hybridized carbons (Fsp3) is 0.500. The third-order valence-corrected chi connectivity index (χ3v) is 1.08. The normalized spacial score (nSPS) is 8.92. The number of amides is 4. The highest BCUT2D eigenvalue weighted by Gasteiger charge is 2.01. The summed E-state index contributed by atoms with van der Waals surface area (Å²) in [6.07, 6.45) is 0.0595. The summed E-state index contributed by atoms with van der Waals surface area (Å²) in [5.74, 6) is -1.14. The van der Waals surface area contributed by atoms with E-state index in [0.29, 0.717) is 0 Å². The Morgan fingerprint density at radius 3 is 2.08 bits per heavy atom. The van der Waals surface area contributed by atoms with Crippen molar-refractivity contribution in [3.63, 3.8) is 0 Å². The van der Waals surface area contributed by atoms with Crippen LogP contribution in [0.1, 0.15) is 6.42 Å². The summed E-state index contributed by atoms with van der Waals surface area (Å²) in [7, 11) is 0. The molecule has 0 unspecified atom stereocenters. The fourth-order valence-electron chi connectivity index (χ4n) is 0.529. The Kier molecular flexibility index (Phi) is 5.01. The molecule has 0 aliphatic heterocycles. The predicted molar refractivity (Wildman–Crippen MR) is 44.4 cm³/mol. The van der Waals surface area contributed by atoms with Gasteiger partial charge in [-0.1, -0.05) is 0 Å². The van der Waals surface area contributed by atoms with Crippen LogP contribution in [0, 0.1) is 0 Å². The van der Waals surface area contributed by atoms with Crippen LogP contribution in [-0.2, 0) is 9.59 Å². The van der Waals surface area contributed by atoms with Gasteiger partial charge < -0.3 is 22.1 Å². The number of hydrogen-bond donors (Lipinski definition) is 4. The topological polar surface area (TPSA) is 127 Å². The monoisotopic (exact) mass is 188 g/mol. The van der Waals surface area contributed by atoms with Gasteiger partial charge in [-0.15, -0.1) is 0 Å². The second kappa shape index (κ2) is 5.81. The van der Waals surface area contributed by atoms with Gasteiger partial charge in [0.25, 0.3) is 0 Å². The van der Waals surface area contributed by atoms with Crippen LogP contribution < -0.4 is 22.1 Å². The van der Waals surface area contributed by atoms with E-state index in [2.05, 4.69) is 10.6 Å². The molecule has 0 atom stereocenters. The highest BCUT2D eigenvalue weighted by molar-refractivity contribution is 5.83. The summed E-state index contributed by atoms with van der Waals surface area (Å²) in [4.78, 5) is 31.2. The summed E-state index contributed by atoms with van der Waals surface area (Å²) in [5.41, 5.74) is 9.58. The molecule has 0 rings (SSSR count). The van der Waals surface area contributed by atoms with Gasteiger partial charge in [0.05, 0.1) is 6.54 Å². The molecule has 0 aromatic carbocycles. The van der Waals surface area contributed by atoms with E-state index >= 15 is 0 Å². The van der Waals surface area contributed by atoms with Crippen molar-refractivity contribution in [2.24, 2.45) is 11.5 Å². The zero-order chi connectivity index (χ0) is 10.3. The van der Waals surface area contributed by atoms with Crippen LogP contribution >= 0.6 is 0 Å². The molecule has 0 aliphatic rings. The van der Waals surface area contributed by atoms with Crippen LogP contribution in [-0.4, -0.2) is 30.9 Å². The van der Waals surface area contributed by atoms with E-state index in [1.165, 1.54) is 0 Å². The number of primary amides is 2. The summed E-state index contributed by atoms with van der Waals surface area (Å²) >= 11 is 0. The molecule has 0 aromatic rings. The molecule has 0 saturated carbocycles. The molecule has 0 heterocycles. The SMILES string of the molecule is NC(=O)CCNC(=O)NCC(N)=O. The first kappa shape index (κ1) is 11.2. The molecule has 74 valence electrons. The van der Waals surface area contributed by atoms with Gasteiger partial charge in [-0.3, -0.25) is 9.59 Å². The van der Waals surface area contributed by atoms with Crippen LogP contribution in [0.3, 0.4) is 0 Å². The minimum absolute atomic E-state index is 0.0595. The van der Waals surface area contributed by atoms with Gasteiger partial charge in [-0.25, -0.2) is 4.79 Å². The van der Waals surface area contributed by atoms with Gasteiger partial charge in [0.1, 0.15) is 0 Å². The van der Waals surface area contributed by atoms with Crippen molar-refractivity contribution in [1.82, 2.24) is 10.6 Å². The molecule has 0 spiro atoms. The summed E-state index contributed by atoms with van der Waals surface area (Å²) in [6, 6.07) is -0.556. The molecule has 0 aromatic heterocycles. The van der Waals surface area contributed by atoms with Gasteiger partial charge in [-0.05, 0) is 0 Å². The largest absolute Gasteiger partial charge is 0.370 e. The average Bonchev–Trinajstić information content (AvgIpc) is 2.00. The Morgan fingerprint density at radius 2 is 1.62 bits per heavy atom. The lowest BCUT2D eigenvalue weighted by molar-refractivity contribution is -0.118. The number of carbonyl (C=O) groups is 3. The van der Waals surface area contributed by atoms with Crippen LogP contribution in [0.15, 0.2) is 0 Å². The van der Waals surface area contributed by atoms with Gasteiger partial charge in [0.2, 0.25) is 11.8 Å². The number of urea groups is 1. The van der Waals surface area contributed by atoms with Gasteiger partial charge in [0, 0.05) is 13.0 Å². The number of nitrogens with one attached hydrogen (secondary N) is 2. The predicted octanol–water partition coefficient (Wildman–Crippen LogP) is -2.35. The lowest BCUT2D eigenvalue weighted by atomic mass is 10.4. The molecular weight excluding hydrogens is 176 g/mol. The third-order valence-electron chi connectivity index (χ3n) is 1.08. The summed E-state index contributed by atoms with van der Waals surface area (Å²) < 4.78 is 0. The van der Waals surface area contributed by atoms with Crippen LogP contribution in [0.25, 0.3) is 0 Å². The first-order valence-corrected chi connectivity index (χ1v) is 3.60. The van der Waals surface area contributed by atoms with E-state index < -0.39 is 17.8 Å². The molecule has 7 nitrogen and oxygen atoms in total. The second-order valence-corrected chi connectivity index (χ2v) is 2.29. The highest BCUT2D eigenvalue weighted by Crippen LogP contribution is 1.72. The summed E-state index contributed by atoms with van der Waals surface area (Å²) in [5, 5.41) is 4.49. The molecule has 0 radical (unpaired) electrons. The Morgan fingerprint density at radius 1 is 1.00 bits per heavy atom. The van der Waals surface area contributed by atoms with E-state index in [-0.39, 0.29) is 19.5 Å². The first-order valence-electron chi connectivity index (χ1n) is 3.60. The lowest BCUT2D eigenvalue weighted by Gasteiger charge is -2.03. The standard InChI is InChI=1S/C6H12N4O3/c7-4(11)1-2-9-6(13)10-3-5(8)12/h1-3H2,(H2,7,11)(H2,8,12)(H2,9,10,13). The Hall–Kier alpha value is -1.79. The number of rotatable bonds is 5. The van der Waals surface area contributed by atoms with Gasteiger partial charge in [0.15, 0.2) is 0 Å². The minimum Gasteiger partial charge on any atom is -0.370 e. The van der Waals surface area contributed by atoms with Crippen LogP contribution in [0.5, 0.6) is 0 Å². The maximum atomic E-state index is 10.7. The Balaban J connectivity index is 3.41. The van der Waals surface area contributed by atoms with E-state index in [1.807, 2.05) is 0 Å². The van der Waals surface area contributed by atoms with Crippen molar-refractivity contribution < 1.29 is 14.4 Å². The van der Waals surface area contributed by atoms with Crippen molar-refractivity contribution in [3.05, 3.63) is 0 Å². The number of carbonyl (C=O) groups excluding carboxylic acids is 3. The second-order valence-electron chi connectivity index (χ2n) is 2.29. The molecule has 13 heavy (non-hydrogen) atoms. The molecule has 7 heteroatoms. The molecule has 0 fully saturated rings. The Labute approximate surface area is 74.8 Å². The quantitative estimate of drug-likeness (QED) is 0.385. The van der Waals surface area contributed by atoms with Crippen molar-refractivity contribution in [1.29, 1.82) is 0 Å². The Bertz CT molecular complexity index is 216. The minimum atomic E-state index is -0.634. The van der Waals surface area contributed by atoms with E-state index in [1.54, 1.807) is 0 Å². The first-order chi connectivity index (χ1) is 6.02. The van der Waals surface area contributed by atoms with E-state index in [9.17, 15) is 14.4 Å². The maximum absolute atomic E-state index is 10.7. The van der Waals surface area contributed by atoms with Crippen LogP contribution in [0.4, 0.5) is 4.79 Å². The molecule has 0 aliphatic carbocycles. The summed E-state index contributed by atoms with van der Waals surface area (Å²) in [6.45, 7) is -0.0949. The average molecular weight is 188 g/mol. The molecule has 4 amide bonds. The van der Waals surface area contributed by atoms with Crippen molar-refractivity contribution in [3.8, 4) is 0 Å². The third kappa shape index (κ3) is 8.11. The van der Waals surface area contributed by atoms with Gasteiger partial charge in [-0.2, -0.15) is 0 Å². The fourth-order valence-corrected chi connectivity index (χ4v) is 0.529. The number of hydrogen-bond acceptors (Lipinski definition) is 3. The lowest BCUT2D eigenvalue weighted by Crippen LogP contribution is -2.41. The van der Waals surface area contributed by atoms with Crippen molar-refractivity contribution >= 4 is 17.8 Å². The van der Waals surface area contributed by atoms with Crippen molar-refractivity contribution in [2.45, 2.75) is 6.42 Å². The molecule has 0 bridgehead atoms. The van der Waals surface area contributed by atoms with Crippen molar-refractivity contribution in [2.75, 3.05) is 13.1 Å². The number of nitrogens with two attached hydrogens (primary N) is 2. The molecular formula is C6H12N4O3. The smallest absolute Gasteiger partial charge is 0.315 e. The maximum Gasteiger partial charge on any atom is 0.315 e. The van der Waals surface area contributed by atoms with E-state index in [0.717, 1.165) is 0 Å². The zero-order valence-electron chi connectivity index (χ0n) is 7.00. The van der Waals surface area contributed by atoms with Gasteiger partial charge >= 0.3 is 6.03 Å². The van der Waals surface area contributed by atoms with E-state index in [4.69, 9.17) is 11.5 Å². The molecule has 0 saturated heterocycles. The molecule has 6 N–H and O–H groups in total. The zero-order valence-corrected chi connectivity index (χ0v) is 7.00.